The first-order valence-electron chi connectivity index (χ1n) is 6.97. The fourth-order valence-electron chi connectivity index (χ4n) is 2.06. The number of methoxy groups -OCH3 is 2. The summed E-state index contributed by atoms with van der Waals surface area (Å²) in [5.41, 5.74) is 1.42. The van der Waals surface area contributed by atoms with Gasteiger partial charge in [0.05, 0.1) is 26.0 Å². The Hall–Kier alpha value is -2.74. The molecule has 0 amide bonds. The number of thioether (sulfide) groups is 1. The minimum Gasteiger partial charge on any atom is -0.496 e. The number of rotatable bonds is 6. The normalized spacial score (nSPS) is 10.6. The van der Waals surface area contributed by atoms with Crippen LogP contribution in [0.25, 0.3) is 11.5 Å². The second-order valence-electron chi connectivity index (χ2n) is 4.63. The Bertz CT molecular complexity index is 842. The van der Waals surface area contributed by atoms with Gasteiger partial charge in [0, 0.05) is 11.3 Å². The van der Waals surface area contributed by atoms with Gasteiger partial charge >= 0.3 is 5.97 Å². The van der Waals surface area contributed by atoms with Gasteiger partial charge in [-0.3, -0.25) is 0 Å². The molecule has 0 unspecified atom stereocenters. The van der Waals surface area contributed by atoms with Crippen LogP contribution in [0.5, 0.6) is 5.75 Å². The third kappa shape index (κ3) is 3.28. The molecule has 0 atom stereocenters. The number of esters is 1. The Balaban J connectivity index is 1.73. The zero-order valence-electron chi connectivity index (χ0n) is 13.0. The van der Waals surface area contributed by atoms with E-state index in [0.717, 1.165) is 5.56 Å². The van der Waals surface area contributed by atoms with Gasteiger partial charge in [-0.1, -0.05) is 23.9 Å². The highest BCUT2D eigenvalue weighted by Crippen LogP contribution is 2.31. The number of nitrogens with zero attached hydrogens (tertiary/aromatic N) is 2. The summed E-state index contributed by atoms with van der Waals surface area (Å²) < 4.78 is 20.7. The van der Waals surface area contributed by atoms with E-state index in [-0.39, 0.29) is 5.76 Å². The lowest BCUT2D eigenvalue weighted by Crippen LogP contribution is -2.02. The number of para-hydroxylation sites is 1. The van der Waals surface area contributed by atoms with Crippen LogP contribution in [0.4, 0.5) is 0 Å². The Morgan fingerprint density at radius 1 is 1.21 bits per heavy atom. The van der Waals surface area contributed by atoms with Crippen molar-refractivity contribution in [3.63, 3.8) is 0 Å². The van der Waals surface area contributed by atoms with E-state index in [1.54, 1.807) is 13.2 Å². The molecule has 0 fully saturated rings. The third-order valence-corrected chi connectivity index (χ3v) is 4.08. The highest BCUT2D eigenvalue weighted by Gasteiger charge is 2.18. The molecule has 0 radical (unpaired) electrons. The van der Waals surface area contributed by atoms with Crippen molar-refractivity contribution >= 4 is 17.7 Å². The van der Waals surface area contributed by atoms with Crippen LogP contribution in [0.2, 0.25) is 0 Å². The van der Waals surface area contributed by atoms with Crippen molar-refractivity contribution in [2.24, 2.45) is 0 Å². The maximum atomic E-state index is 11.6. The SMILES string of the molecule is COC(=O)c1occc1CSc1nnc(-c2ccccc2OC)o1. The molecule has 0 aliphatic heterocycles. The van der Waals surface area contributed by atoms with Crippen LogP contribution >= 0.6 is 11.8 Å². The summed E-state index contributed by atoms with van der Waals surface area (Å²) in [6, 6.07) is 9.09. The van der Waals surface area contributed by atoms with E-state index in [1.807, 2.05) is 24.3 Å². The zero-order valence-corrected chi connectivity index (χ0v) is 13.8. The van der Waals surface area contributed by atoms with Gasteiger partial charge in [-0.2, -0.15) is 0 Å². The van der Waals surface area contributed by atoms with Gasteiger partial charge < -0.3 is 18.3 Å². The standard InChI is InChI=1S/C16H14N2O5S/c1-20-12-6-4-3-5-11(12)14-17-18-16(23-14)24-9-10-7-8-22-13(10)15(19)21-2/h3-8H,9H2,1-2H3. The van der Waals surface area contributed by atoms with Crippen molar-refractivity contribution in [1.82, 2.24) is 10.2 Å². The van der Waals surface area contributed by atoms with Gasteiger partial charge in [0.1, 0.15) is 5.75 Å². The lowest BCUT2D eigenvalue weighted by atomic mass is 10.2. The molecule has 2 aromatic heterocycles. The number of carbonyl (C=O) groups is 1. The fourth-order valence-corrected chi connectivity index (χ4v) is 2.80. The third-order valence-electron chi connectivity index (χ3n) is 3.21. The first kappa shape index (κ1) is 16.1. The van der Waals surface area contributed by atoms with E-state index in [2.05, 4.69) is 14.9 Å². The Labute approximate surface area is 142 Å². The van der Waals surface area contributed by atoms with Crippen LogP contribution in [-0.4, -0.2) is 30.4 Å². The predicted molar refractivity (Wildman–Crippen MR) is 85.9 cm³/mol. The second kappa shape index (κ2) is 7.22. The number of furan rings is 1. The van der Waals surface area contributed by atoms with Crippen molar-refractivity contribution in [2.45, 2.75) is 11.0 Å². The number of ether oxygens (including phenoxy) is 2. The fraction of sp³-hybridized carbons (Fsp3) is 0.188. The highest BCUT2D eigenvalue weighted by molar-refractivity contribution is 7.98. The molecular formula is C16H14N2O5S. The predicted octanol–water partition coefficient (Wildman–Crippen LogP) is 3.42. The van der Waals surface area contributed by atoms with E-state index in [0.29, 0.717) is 28.2 Å². The summed E-state index contributed by atoms with van der Waals surface area (Å²) >= 11 is 1.30. The van der Waals surface area contributed by atoms with E-state index in [1.165, 1.54) is 25.1 Å². The summed E-state index contributed by atoms with van der Waals surface area (Å²) in [6.45, 7) is 0. The van der Waals surface area contributed by atoms with Gasteiger partial charge in [-0.05, 0) is 18.2 Å². The molecule has 1 aromatic carbocycles. The number of hydrogen-bond acceptors (Lipinski definition) is 8. The van der Waals surface area contributed by atoms with E-state index in [4.69, 9.17) is 13.6 Å². The molecule has 0 bridgehead atoms. The summed E-state index contributed by atoms with van der Waals surface area (Å²) in [4.78, 5) is 11.6. The molecule has 7 nitrogen and oxygen atoms in total. The molecular weight excluding hydrogens is 332 g/mol. The largest absolute Gasteiger partial charge is 0.496 e. The van der Waals surface area contributed by atoms with E-state index < -0.39 is 5.97 Å². The molecule has 124 valence electrons. The Morgan fingerprint density at radius 3 is 2.83 bits per heavy atom. The van der Waals surface area contributed by atoms with Gasteiger partial charge in [-0.25, -0.2) is 4.79 Å². The average molecular weight is 346 g/mol. The maximum Gasteiger partial charge on any atom is 0.374 e. The Morgan fingerprint density at radius 2 is 2.04 bits per heavy atom. The topological polar surface area (TPSA) is 87.6 Å². The molecule has 0 aliphatic rings. The number of benzene rings is 1. The molecule has 3 rings (SSSR count). The molecule has 0 saturated heterocycles. The van der Waals surface area contributed by atoms with Crippen molar-refractivity contribution in [2.75, 3.05) is 14.2 Å². The first-order valence-corrected chi connectivity index (χ1v) is 7.96. The van der Waals surface area contributed by atoms with Crippen LogP contribution in [0, 0.1) is 0 Å². The first-order chi connectivity index (χ1) is 11.7. The number of carbonyl (C=O) groups excluding carboxylic acids is 1. The molecule has 8 heteroatoms. The minimum absolute atomic E-state index is 0.175. The van der Waals surface area contributed by atoms with Crippen molar-refractivity contribution in [3.05, 3.63) is 47.9 Å². The molecule has 0 spiro atoms. The Kier molecular flexibility index (Phi) is 4.85. The van der Waals surface area contributed by atoms with Crippen LogP contribution < -0.4 is 4.74 Å². The smallest absolute Gasteiger partial charge is 0.374 e. The minimum atomic E-state index is -0.518. The van der Waals surface area contributed by atoms with E-state index in [9.17, 15) is 4.79 Å². The average Bonchev–Trinajstić information content (AvgIpc) is 3.28. The quantitative estimate of drug-likeness (QED) is 0.495. The molecule has 0 saturated carbocycles. The van der Waals surface area contributed by atoms with Gasteiger partial charge in [0.15, 0.2) is 0 Å². The van der Waals surface area contributed by atoms with Crippen molar-refractivity contribution < 1.29 is 23.1 Å². The summed E-state index contributed by atoms with van der Waals surface area (Å²) in [6.07, 6.45) is 1.44. The summed E-state index contributed by atoms with van der Waals surface area (Å²) in [5, 5.41) is 8.42. The summed E-state index contributed by atoms with van der Waals surface area (Å²) in [7, 11) is 2.89. The maximum absolute atomic E-state index is 11.6. The van der Waals surface area contributed by atoms with Gasteiger partial charge in [0.2, 0.25) is 5.76 Å². The summed E-state index contributed by atoms with van der Waals surface area (Å²) in [5.74, 6) is 1.12. The number of hydrogen-bond donors (Lipinski definition) is 0. The van der Waals surface area contributed by atoms with Crippen LogP contribution in [0.1, 0.15) is 16.1 Å². The molecule has 2 heterocycles. The molecule has 3 aromatic rings. The van der Waals surface area contributed by atoms with Crippen LogP contribution in [-0.2, 0) is 10.5 Å². The van der Waals surface area contributed by atoms with Gasteiger partial charge in [0.25, 0.3) is 11.1 Å². The van der Waals surface area contributed by atoms with Crippen molar-refractivity contribution in [3.8, 4) is 17.2 Å². The number of aromatic nitrogens is 2. The lowest BCUT2D eigenvalue weighted by Gasteiger charge is -2.03. The molecule has 24 heavy (non-hydrogen) atoms. The van der Waals surface area contributed by atoms with Crippen LogP contribution in [0.15, 0.2) is 50.7 Å². The molecule has 0 N–H and O–H groups in total. The van der Waals surface area contributed by atoms with Gasteiger partial charge in [-0.15, -0.1) is 10.2 Å². The van der Waals surface area contributed by atoms with E-state index >= 15 is 0 Å². The highest BCUT2D eigenvalue weighted by atomic mass is 32.2. The van der Waals surface area contributed by atoms with Crippen LogP contribution in [0.3, 0.4) is 0 Å². The lowest BCUT2D eigenvalue weighted by molar-refractivity contribution is 0.0564. The second-order valence-corrected chi connectivity index (χ2v) is 5.56. The molecule has 0 aliphatic carbocycles. The van der Waals surface area contributed by atoms with Crippen molar-refractivity contribution in [1.29, 1.82) is 0 Å². The monoisotopic (exact) mass is 346 g/mol. The zero-order chi connectivity index (χ0) is 16.9.